The Morgan fingerprint density at radius 1 is 0.660 bits per heavy atom. The first-order valence-electron chi connectivity index (χ1n) is 15.4. The fraction of sp³-hybridized carbons (Fsp3) is 0.235. The molecule has 4 heterocycles. The molecule has 2 saturated heterocycles. The van der Waals surface area contributed by atoms with Gasteiger partial charge in [-0.3, -0.25) is 29.0 Å². The molecule has 0 spiro atoms. The molecule has 10 nitrogen and oxygen atoms in total. The van der Waals surface area contributed by atoms with Gasteiger partial charge < -0.3 is 10.6 Å². The van der Waals surface area contributed by atoms with Crippen molar-refractivity contribution in [2.45, 2.75) is 39.5 Å². The van der Waals surface area contributed by atoms with Crippen molar-refractivity contribution >= 4 is 113 Å². The highest BCUT2D eigenvalue weighted by molar-refractivity contribution is 8.29. The Labute approximate surface area is 316 Å². The van der Waals surface area contributed by atoms with Crippen molar-refractivity contribution in [3.05, 3.63) is 103 Å². The maximum absolute atomic E-state index is 13.4. The summed E-state index contributed by atoms with van der Waals surface area (Å²) in [4.78, 5) is 65.8. The van der Waals surface area contributed by atoms with Crippen LogP contribution >= 0.6 is 70.6 Å². The highest BCUT2D eigenvalue weighted by atomic mass is 32.2. The number of aromatic nitrogens is 2. The Balaban J connectivity index is 0.979. The first-order chi connectivity index (χ1) is 24.0. The maximum atomic E-state index is 13.4. The van der Waals surface area contributed by atoms with E-state index in [0.29, 0.717) is 23.1 Å². The molecule has 256 valence electrons. The van der Waals surface area contributed by atoms with Crippen LogP contribution in [0.1, 0.15) is 44.8 Å². The molecule has 16 heteroatoms. The quantitative estimate of drug-likeness (QED) is 0.119. The van der Waals surface area contributed by atoms with Crippen LogP contribution in [0.5, 0.6) is 0 Å². The molecule has 0 unspecified atom stereocenters. The van der Waals surface area contributed by atoms with Gasteiger partial charge in [-0.1, -0.05) is 108 Å². The average molecular weight is 779 g/mol. The second kappa shape index (κ2) is 16.0. The van der Waals surface area contributed by atoms with Crippen LogP contribution in [0.2, 0.25) is 0 Å². The number of thiazole rings is 2. The van der Waals surface area contributed by atoms with Gasteiger partial charge in [0.15, 0.2) is 10.3 Å². The lowest BCUT2D eigenvalue weighted by molar-refractivity contribution is -0.125. The second-order valence-corrected chi connectivity index (χ2v) is 17.0. The average Bonchev–Trinajstić information content (AvgIpc) is 3.85. The van der Waals surface area contributed by atoms with Gasteiger partial charge in [-0.2, -0.15) is 0 Å². The highest BCUT2D eigenvalue weighted by Crippen LogP contribution is 2.42. The fourth-order valence-corrected chi connectivity index (χ4v) is 9.45. The predicted molar refractivity (Wildman–Crippen MR) is 210 cm³/mol. The summed E-state index contributed by atoms with van der Waals surface area (Å²) in [6, 6.07) is 16.5. The van der Waals surface area contributed by atoms with Gasteiger partial charge in [0.25, 0.3) is 11.8 Å². The molecular weight excluding hydrogens is 749 g/mol. The number of thiocarbonyl (C=S) groups is 2. The molecule has 50 heavy (non-hydrogen) atoms. The van der Waals surface area contributed by atoms with E-state index in [-0.39, 0.29) is 56.2 Å². The molecule has 0 saturated carbocycles. The van der Waals surface area contributed by atoms with Crippen molar-refractivity contribution in [2.24, 2.45) is 0 Å². The van der Waals surface area contributed by atoms with Crippen molar-refractivity contribution in [3.8, 4) is 0 Å². The minimum Gasteiger partial charge on any atom is -0.302 e. The van der Waals surface area contributed by atoms with Gasteiger partial charge in [-0.15, -0.1) is 22.7 Å². The third kappa shape index (κ3) is 8.91. The maximum Gasteiger partial charge on any atom is 0.267 e. The molecule has 2 aromatic carbocycles. The monoisotopic (exact) mass is 778 g/mol. The van der Waals surface area contributed by atoms with E-state index in [1.54, 1.807) is 12.4 Å². The minimum absolute atomic E-state index is 0.00475. The topological polar surface area (TPSA) is 125 Å². The molecule has 0 aliphatic carbocycles. The van der Waals surface area contributed by atoms with Gasteiger partial charge in [0.1, 0.15) is 8.64 Å². The van der Waals surface area contributed by atoms with Crippen LogP contribution in [0.15, 0.2) is 70.7 Å². The summed E-state index contributed by atoms with van der Waals surface area (Å²) in [7, 11) is 0. The summed E-state index contributed by atoms with van der Waals surface area (Å²) in [6.07, 6.45) is 4.91. The summed E-state index contributed by atoms with van der Waals surface area (Å²) < 4.78 is 0.504. The summed E-state index contributed by atoms with van der Waals surface area (Å²) in [6.45, 7) is 4.17. The lowest BCUT2D eigenvalue weighted by Crippen LogP contribution is -2.33. The van der Waals surface area contributed by atoms with E-state index in [2.05, 4.69) is 69.1 Å². The van der Waals surface area contributed by atoms with E-state index in [0.717, 1.165) is 44.4 Å². The van der Waals surface area contributed by atoms with E-state index in [1.807, 2.05) is 13.8 Å². The Hall–Kier alpha value is -3.80. The zero-order valence-corrected chi connectivity index (χ0v) is 31.8. The Morgan fingerprint density at radius 2 is 1.04 bits per heavy atom. The number of benzene rings is 2. The van der Waals surface area contributed by atoms with Crippen LogP contribution in [0.25, 0.3) is 0 Å². The number of anilines is 2. The van der Waals surface area contributed by atoms with Gasteiger partial charge in [0.05, 0.1) is 9.81 Å². The van der Waals surface area contributed by atoms with Crippen LogP contribution in [0.4, 0.5) is 10.3 Å². The molecule has 2 aliphatic heterocycles. The normalized spacial score (nSPS) is 16.1. The van der Waals surface area contributed by atoms with Gasteiger partial charge in [0.2, 0.25) is 11.8 Å². The van der Waals surface area contributed by atoms with Crippen LogP contribution in [0.3, 0.4) is 0 Å². The van der Waals surface area contributed by atoms with E-state index in [1.165, 1.54) is 43.6 Å². The highest BCUT2D eigenvalue weighted by Gasteiger charge is 2.42. The zero-order chi connectivity index (χ0) is 35.4. The lowest BCUT2D eigenvalue weighted by atomic mass is 10.1. The number of carbonyl (C=O) groups is 4. The van der Waals surface area contributed by atoms with Crippen LogP contribution in [0, 0.1) is 13.8 Å². The molecule has 4 aromatic rings. The smallest absolute Gasteiger partial charge is 0.267 e. The number of rotatable bonds is 12. The van der Waals surface area contributed by atoms with Gasteiger partial charge in [-0.25, -0.2) is 9.97 Å². The molecule has 0 bridgehead atoms. The number of hydrogen-bond acceptors (Lipinski definition) is 12. The van der Waals surface area contributed by atoms with Crippen LogP contribution in [-0.4, -0.2) is 65.1 Å². The largest absolute Gasteiger partial charge is 0.302 e. The summed E-state index contributed by atoms with van der Waals surface area (Å²) in [5.74, 6) is -1.52. The van der Waals surface area contributed by atoms with Crippen molar-refractivity contribution < 1.29 is 19.2 Å². The lowest BCUT2D eigenvalue weighted by Gasteiger charge is -2.14. The number of carbonyl (C=O) groups excluding carboxylic acids is 4. The minimum atomic E-state index is -0.453. The van der Waals surface area contributed by atoms with E-state index >= 15 is 0 Å². The third-order valence-corrected chi connectivity index (χ3v) is 12.5. The standard InChI is InChI=1S/C34H30N6O4S6/c1-19-3-7-21(8-4-19)15-23-17-35-31(47-23)37-25(41)11-13-39-29(43)27(49-33(39)45)28-30(44)40(34(46)50-28)14-12-26(42)38-32-36-18-24(48-32)16-22-9-5-20(2)6-10-22/h3-10,17-18H,11-16H2,1-2H3,(H,35,37,41)(H,36,38,42). The predicted octanol–water partition coefficient (Wildman–Crippen LogP) is 6.69. The van der Waals surface area contributed by atoms with Gasteiger partial charge >= 0.3 is 0 Å². The summed E-state index contributed by atoms with van der Waals surface area (Å²) >= 11 is 15.7. The third-order valence-electron chi connectivity index (χ3n) is 7.63. The van der Waals surface area contributed by atoms with Gasteiger partial charge in [0, 0.05) is 60.9 Å². The van der Waals surface area contributed by atoms with E-state index in [4.69, 9.17) is 24.4 Å². The number of hydrogen-bond donors (Lipinski definition) is 2. The first kappa shape index (κ1) is 36.0. The first-order valence-corrected chi connectivity index (χ1v) is 19.5. The Bertz CT molecular complexity index is 1880. The molecule has 2 fully saturated rings. The van der Waals surface area contributed by atoms with Crippen molar-refractivity contribution in [1.82, 2.24) is 19.8 Å². The Morgan fingerprint density at radius 3 is 1.42 bits per heavy atom. The van der Waals surface area contributed by atoms with E-state index in [9.17, 15) is 19.2 Å². The van der Waals surface area contributed by atoms with Gasteiger partial charge in [-0.05, 0) is 25.0 Å². The van der Waals surface area contributed by atoms with Crippen molar-refractivity contribution in [1.29, 1.82) is 0 Å². The fourth-order valence-electron chi connectivity index (χ4n) is 4.95. The van der Waals surface area contributed by atoms with Crippen LogP contribution in [-0.2, 0) is 32.0 Å². The van der Waals surface area contributed by atoms with Crippen molar-refractivity contribution in [2.75, 3.05) is 23.7 Å². The molecule has 4 amide bonds. The Kier molecular flexibility index (Phi) is 11.6. The summed E-state index contributed by atoms with van der Waals surface area (Å²) in [5, 5.41) is 6.56. The molecule has 0 atom stereocenters. The number of amides is 4. The molecule has 2 aliphatic rings. The molecule has 2 N–H and O–H groups in total. The molecular formula is C34H30N6O4S6. The number of aryl methyl sites for hydroxylation is 2. The second-order valence-electron chi connectivity index (χ2n) is 11.5. The SMILES string of the molecule is Cc1ccc(Cc2cnc(NC(=O)CCN3C(=O)C(=C4SC(=S)N(CCC(=O)Nc5ncc(Cc6ccc(C)cc6)s5)C4=O)SC3=S)s2)cc1. The summed E-state index contributed by atoms with van der Waals surface area (Å²) in [5.41, 5.74) is 4.69. The molecule has 2 aromatic heterocycles. The zero-order valence-electron chi connectivity index (χ0n) is 26.9. The van der Waals surface area contributed by atoms with Crippen LogP contribution < -0.4 is 10.6 Å². The van der Waals surface area contributed by atoms with Crippen molar-refractivity contribution in [3.63, 3.8) is 0 Å². The number of nitrogens with zero attached hydrogens (tertiary/aromatic N) is 4. The molecule has 6 rings (SSSR count). The molecule has 0 radical (unpaired) electrons. The number of thioether (sulfide) groups is 2. The number of nitrogens with one attached hydrogen (secondary N) is 2. The van der Waals surface area contributed by atoms with E-state index < -0.39 is 11.8 Å².